The summed E-state index contributed by atoms with van der Waals surface area (Å²) in [5.74, 6) is 0.731. The molecule has 0 heterocycles. The van der Waals surface area contributed by atoms with Gasteiger partial charge in [-0.2, -0.15) is 0 Å². The molecule has 2 heteroatoms. The topological polar surface area (TPSA) is 35.2 Å². The molecule has 2 aliphatic carbocycles. The molecule has 0 bridgehead atoms. The molecule has 1 unspecified atom stereocenters. The standard InChI is InChI=1S/C19H29NO/c1-2-21-19(13-6-3-7-14-19)18(20)17-12-5-4-11-16(17)15-9-8-10-15/h4-5,11-12,15,18H,2-3,6-10,13-14,20H2,1H3. The maximum absolute atomic E-state index is 6.78. The van der Waals surface area contributed by atoms with E-state index >= 15 is 0 Å². The van der Waals surface area contributed by atoms with Gasteiger partial charge in [-0.3, -0.25) is 0 Å². The molecule has 2 aliphatic rings. The first-order chi connectivity index (χ1) is 10.3. The SMILES string of the molecule is CCOC1(C(N)c2ccccc2C2CCC2)CCCCC1. The molecule has 2 N–H and O–H groups in total. The summed E-state index contributed by atoms with van der Waals surface area (Å²) in [5.41, 5.74) is 9.48. The van der Waals surface area contributed by atoms with Crippen molar-refractivity contribution in [1.82, 2.24) is 0 Å². The second kappa shape index (κ2) is 6.50. The summed E-state index contributed by atoms with van der Waals surface area (Å²) in [6.45, 7) is 2.86. The molecule has 2 nitrogen and oxygen atoms in total. The fourth-order valence-electron chi connectivity index (χ4n) is 4.15. The molecule has 1 aromatic carbocycles. The lowest BCUT2D eigenvalue weighted by molar-refractivity contribution is -0.0833. The predicted molar refractivity (Wildman–Crippen MR) is 87.4 cm³/mol. The Morgan fingerprint density at radius 1 is 1.14 bits per heavy atom. The highest BCUT2D eigenvalue weighted by Crippen LogP contribution is 2.45. The first kappa shape index (κ1) is 15.1. The van der Waals surface area contributed by atoms with Crippen LogP contribution < -0.4 is 5.73 Å². The molecule has 21 heavy (non-hydrogen) atoms. The first-order valence-electron chi connectivity index (χ1n) is 8.75. The molecule has 0 saturated heterocycles. The smallest absolute Gasteiger partial charge is 0.0874 e. The van der Waals surface area contributed by atoms with Gasteiger partial charge in [0.05, 0.1) is 11.6 Å². The van der Waals surface area contributed by atoms with Crippen molar-refractivity contribution < 1.29 is 4.74 Å². The lowest BCUT2D eigenvalue weighted by atomic mass is 9.72. The third-order valence-electron chi connectivity index (χ3n) is 5.57. The highest BCUT2D eigenvalue weighted by Gasteiger charge is 2.41. The van der Waals surface area contributed by atoms with Gasteiger partial charge in [0.15, 0.2) is 0 Å². The highest BCUT2D eigenvalue weighted by molar-refractivity contribution is 5.35. The molecular formula is C19H29NO. The van der Waals surface area contributed by atoms with E-state index in [1.54, 1.807) is 0 Å². The van der Waals surface area contributed by atoms with E-state index in [4.69, 9.17) is 10.5 Å². The van der Waals surface area contributed by atoms with Crippen LogP contribution in [-0.2, 0) is 4.74 Å². The lowest BCUT2D eigenvalue weighted by Crippen LogP contribution is -2.46. The average Bonchev–Trinajstić information content (AvgIpc) is 2.47. The lowest BCUT2D eigenvalue weighted by Gasteiger charge is -2.43. The Kier molecular flexibility index (Phi) is 4.66. The third-order valence-corrected chi connectivity index (χ3v) is 5.57. The van der Waals surface area contributed by atoms with Crippen LogP contribution in [0, 0.1) is 0 Å². The Labute approximate surface area is 129 Å². The van der Waals surface area contributed by atoms with Gasteiger partial charge in [0.2, 0.25) is 0 Å². The van der Waals surface area contributed by atoms with Gasteiger partial charge in [0, 0.05) is 6.61 Å². The normalized spacial score (nSPS) is 23.5. The molecule has 0 aromatic heterocycles. The Balaban J connectivity index is 1.90. The van der Waals surface area contributed by atoms with Gasteiger partial charge < -0.3 is 10.5 Å². The van der Waals surface area contributed by atoms with Gasteiger partial charge >= 0.3 is 0 Å². The van der Waals surface area contributed by atoms with E-state index in [0.29, 0.717) is 0 Å². The molecule has 2 saturated carbocycles. The Hall–Kier alpha value is -0.860. The second-order valence-corrected chi connectivity index (χ2v) is 6.79. The monoisotopic (exact) mass is 287 g/mol. The van der Waals surface area contributed by atoms with Crippen molar-refractivity contribution in [3.05, 3.63) is 35.4 Å². The van der Waals surface area contributed by atoms with Crippen molar-refractivity contribution in [2.24, 2.45) is 5.73 Å². The van der Waals surface area contributed by atoms with E-state index in [0.717, 1.165) is 25.4 Å². The molecule has 0 amide bonds. The van der Waals surface area contributed by atoms with Gasteiger partial charge in [-0.25, -0.2) is 0 Å². The van der Waals surface area contributed by atoms with Crippen LogP contribution in [0.4, 0.5) is 0 Å². The summed E-state index contributed by atoms with van der Waals surface area (Å²) in [4.78, 5) is 0. The molecule has 0 spiro atoms. The fraction of sp³-hybridized carbons (Fsp3) is 0.684. The van der Waals surface area contributed by atoms with Crippen molar-refractivity contribution in [3.8, 4) is 0 Å². The molecule has 1 atom stereocenters. The van der Waals surface area contributed by atoms with Gasteiger partial charge in [-0.05, 0) is 49.7 Å². The van der Waals surface area contributed by atoms with E-state index < -0.39 is 0 Å². The van der Waals surface area contributed by atoms with E-state index in [-0.39, 0.29) is 11.6 Å². The van der Waals surface area contributed by atoms with Crippen molar-refractivity contribution in [2.45, 2.75) is 75.9 Å². The molecule has 3 rings (SSSR count). The number of hydrogen-bond donors (Lipinski definition) is 1. The summed E-state index contributed by atoms with van der Waals surface area (Å²) in [6, 6.07) is 8.86. The van der Waals surface area contributed by atoms with Gasteiger partial charge in [-0.1, -0.05) is 49.9 Å². The van der Waals surface area contributed by atoms with Crippen LogP contribution >= 0.6 is 0 Å². The summed E-state index contributed by atoms with van der Waals surface area (Å²) >= 11 is 0. The molecule has 0 radical (unpaired) electrons. The zero-order chi connectivity index (χ0) is 14.7. The minimum Gasteiger partial charge on any atom is -0.373 e. The van der Waals surface area contributed by atoms with E-state index in [9.17, 15) is 0 Å². The van der Waals surface area contributed by atoms with E-state index in [1.165, 1.54) is 49.7 Å². The molecule has 116 valence electrons. The largest absolute Gasteiger partial charge is 0.373 e. The Bertz CT molecular complexity index is 455. The minimum absolute atomic E-state index is 0.0227. The zero-order valence-corrected chi connectivity index (χ0v) is 13.3. The van der Waals surface area contributed by atoms with Crippen LogP contribution in [0.15, 0.2) is 24.3 Å². The van der Waals surface area contributed by atoms with Crippen molar-refractivity contribution in [1.29, 1.82) is 0 Å². The van der Waals surface area contributed by atoms with Crippen molar-refractivity contribution in [3.63, 3.8) is 0 Å². The summed E-state index contributed by atoms with van der Waals surface area (Å²) in [5, 5.41) is 0. The van der Waals surface area contributed by atoms with Crippen LogP contribution in [0.25, 0.3) is 0 Å². The van der Waals surface area contributed by atoms with Crippen LogP contribution in [0.3, 0.4) is 0 Å². The van der Waals surface area contributed by atoms with Gasteiger partial charge in [0.25, 0.3) is 0 Å². The average molecular weight is 287 g/mol. The molecular weight excluding hydrogens is 258 g/mol. The van der Waals surface area contributed by atoms with Crippen LogP contribution in [0.5, 0.6) is 0 Å². The highest BCUT2D eigenvalue weighted by atomic mass is 16.5. The Morgan fingerprint density at radius 3 is 2.48 bits per heavy atom. The molecule has 0 aliphatic heterocycles. The Morgan fingerprint density at radius 2 is 1.86 bits per heavy atom. The van der Waals surface area contributed by atoms with Crippen LogP contribution in [0.1, 0.15) is 81.4 Å². The molecule has 2 fully saturated rings. The molecule has 1 aromatic rings. The van der Waals surface area contributed by atoms with Crippen molar-refractivity contribution >= 4 is 0 Å². The number of rotatable bonds is 5. The van der Waals surface area contributed by atoms with Gasteiger partial charge in [-0.15, -0.1) is 0 Å². The quantitative estimate of drug-likeness (QED) is 0.852. The fourth-order valence-corrected chi connectivity index (χ4v) is 4.15. The number of nitrogens with two attached hydrogens (primary N) is 1. The second-order valence-electron chi connectivity index (χ2n) is 6.79. The van der Waals surface area contributed by atoms with Crippen molar-refractivity contribution in [2.75, 3.05) is 6.61 Å². The number of hydrogen-bond acceptors (Lipinski definition) is 2. The summed E-state index contributed by atoms with van der Waals surface area (Å²) in [6.07, 6.45) is 10.1. The van der Waals surface area contributed by atoms with Gasteiger partial charge in [0.1, 0.15) is 0 Å². The van der Waals surface area contributed by atoms with Crippen LogP contribution in [0.2, 0.25) is 0 Å². The zero-order valence-electron chi connectivity index (χ0n) is 13.3. The third kappa shape index (κ3) is 2.89. The van der Waals surface area contributed by atoms with Crippen LogP contribution in [-0.4, -0.2) is 12.2 Å². The number of ether oxygens (including phenoxy) is 1. The predicted octanol–water partition coefficient (Wildman–Crippen LogP) is 4.69. The summed E-state index contributed by atoms with van der Waals surface area (Å²) < 4.78 is 6.25. The van der Waals surface area contributed by atoms with E-state index in [2.05, 4.69) is 31.2 Å². The first-order valence-corrected chi connectivity index (χ1v) is 8.75. The maximum atomic E-state index is 6.78. The van der Waals surface area contributed by atoms with E-state index in [1.807, 2.05) is 0 Å². The maximum Gasteiger partial charge on any atom is 0.0874 e. The number of benzene rings is 1. The minimum atomic E-state index is -0.132. The summed E-state index contributed by atoms with van der Waals surface area (Å²) in [7, 11) is 0.